The van der Waals surface area contributed by atoms with Crippen molar-refractivity contribution in [3.63, 3.8) is 0 Å². The van der Waals surface area contributed by atoms with Crippen LogP contribution in [0.5, 0.6) is 5.75 Å². The average Bonchev–Trinajstić information content (AvgIpc) is 2.45. The van der Waals surface area contributed by atoms with Crippen LogP contribution in [0.1, 0.15) is 31.7 Å². The molecule has 0 bridgehead atoms. The highest BCUT2D eigenvalue weighted by Crippen LogP contribution is 2.21. The Hall–Kier alpha value is -2.03. The molecule has 2 rings (SSSR count). The first-order valence-electron chi connectivity index (χ1n) is 7.06. The summed E-state index contributed by atoms with van der Waals surface area (Å²) in [6.07, 6.45) is 3.05. The normalized spacial score (nSPS) is 10.7. The number of benzene rings is 2. The Balaban J connectivity index is 1.93. The number of phenols is 1. The Morgan fingerprint density at radius 1 is 1.15 bits per heavy atom. The van der Waals surface area contributed by atoms with E-state index in [0.29, 0.717) is 19.4 Å². The van der Waals surface area contributed by atoms with Crippen molar-refractivity contribution in [3.05, 3.63) is 42.0 Å². The molecule has 0 aromatic heterocycles. The van der Waals surface area contributed by atoms with Crippen molar-refractivity contribution in [2.75, 3.05) is 6.61 Å². The maximum absolute atomic E-state index is 11.5. The van der Waals surface area contributed by atoms with Crippen molar-refractivity contribution in [2.24, 2.45) is 0 Å². The smallest absolute Gasteiger partial charge is 0.306 e. The minimum Gasteiger partial charge on any atom is -0.508 e. The standard InChI is InChI=1S/C17H20O3/c1-2-3-10-20-17(19)9-5-13-4-6-15-12-16(18)8-7-14(15)11-13/h4,6-8,11-12,18H,2-3,5,9-10H2,1H3. The molecule has 0 radical (unpaired) electrons. The van der Waals surface area contributed by atoms with Crippen molar-refractivity contribution in [1.82, 2.24) is 0 Å². The predicted molar refractivity (Wildman–Crippen MR) is 79.8 cm³/mol. The molecule has 3 nitrogen and oxygen atoms in total. The van der Waals surface area contributed by atoms with Crippen LogP contribution >= 0.6 is 0 Å². The summed E-state index contributed by atoms with van der Waals surface area (Å²) in [5.74, 6) is 0.133. The number of aromatic hydroxyl groups is 1. The van der Waals surface area contributed by atoms with Gasteiger partial charge < -0.3 is 9.84 Å². The summed E-state index contributed by atoms with van der Waals surface area (Å²) in [4.78, 5) is 11.5. The zero-order valence-electron chi connectivity index (χ0n) is 11.8. The van der Waals surface area contributed by atoms with E-state index < -0.39 is 0 Å². The summed E-state index contributed by atoms with van der Waals surface area (Å²) < 4.78 is 5.14. The van der Waals surface area contributed by atoms with Crippen molar-refractivity contribution in [3.8, 4) is 5.75 Å². The molecular weight excluding hydrogens is 252 g/mol. The van der Waals surface area contributed by atoms with Crippen LogP contribution in [0.4, 0.5) is 0 Å². The van der Waals surface area contributed by atoms with E-state index >= 15 is 0 Å². The topological polar surface area (TPSA) is 46.5 Å². The molecule has 0 unspecified atom stereocenters. The van der Waals surface area contributed by atoms with Gasteiger partial charge in [0.25, 0.3) is 0 Å². The van der Waals surface area contributed by atoms with Crippen LogP contribution in [-0.4, -0.2) is 17.7 Å². The van der Waals surface area contributed by atoms with E-state index in [-0.39, 0.29) is 11.7 Å². The van der Waals surface area contributed by atoms with E-state index in [1.54, 1.807) is 12.1 Å². The van der Waals surface area contributed by atoms with Gasteiger partial charge in [-0.2, -0.15) is 0 Å². The van der Waals surface area contributed by atoms with Crippen molar-refractivity contribution in [1.29, 1.82) is 0 Å². The molecule has 2 aromatic carbocycles. The largest absolute Gasteiger partial charge is 0.508 e. The third-order valence-corrected chi connectivity index (χ3v) is 3.27. The quantitative estimate of drug-likeness (QED) is 0.642. The van der Waals surface area contributed by atoms with Gasteiger partial charge in [0.2, 0.25) is 0 Å². The van der Waals surface area contributed by atoms with E-state index in [1.807, 2.05) is 24.3 Å². The number of fused-ring (bicyclic) bond motifs is 1. The fraction of sp³-hybridized carbons (Fsp3) is 0.353. The lowest BCUT2D eigenvalue weighted by Crippen LogP contribution is -2.06. The third kappa shape index (κ3) is 3.98. The van der Waals surface area contributed by atoms with Gasteiger partial charge >= 0.3 is 5.97 Å². The fourth-order valence-corrected chi connectivity index (χ4v) is 2.09. The first kappa shape index (κ1) is 14.4. The highest BCUT2D eigenvalue weighted by atomic mass is 16.5. The number of esters is 1. The van der Waals surface area contributed by atoms with Gasteiger partial charge in [0.05, 0.1) is 6.61 Å². The summed E-state index contributed by atoms with van der Waals surface area (Å²) >= 11 is 0. The zero-order chi connectivity index (χ0) is 14.4. The Morgan fingerprint density at radius 2 is 1.90 bits per heavy atom. The van der Waals surface area contributed by atoms with E-state index in [0.717, 1.165) is 29.2 Å². The zero-order valence-corrected chi connectivity index (χ0v) is 11.8. The number of carbonyl (C=O) groups is 1. The van der Waals surface area contributed by atoms with E-state index in [1.165, 1.54) is 0 Å². The Morgan fingerprint density at radius 3 is 2.70 bits per heavy atom. The number of hydrogen-bond donors (Lipinski definition) is 1. The van der Waals surface area contributed by atoms with Gasteiger partial charge in [-0.05, 0) is 41.3 Å². The minimum absolute atomic E-state index is 0.135. The summed E-state index contributed by atoms with van der Waals surface area (Å²) in [5.41, 5.74) is 1.11. The number of hydrogen-bond acceptors (Lipinski definition) is 3. The lowest BCUT2D eigenvalue weighted by atomic mass is 10.0. The Bertz CT molecular complexity index is 590. The maximum Gasteiger partial charge on any atom is 0.306 e. The molecule has 0 saturated carbocycles. The summed E-state index contributed by atoms with van der Waals surface area (Å²) in [7, 11) is 0. The fourth-order valence-electron chi connectivity index (χ4n) is 2.09. The van der Waals surface area contributed by atoms with Crippen LogP contribution in [0.3, 0.4) is 0 Å². The number of unbranched alkanes of at least 4 members (excludes halogenated alkanes) is 1. The molecule has 0 fully saturated rings. The average molecular weight is 272 g/mol. The molecule has 2 aromatic rings. The minimum atomic E-state index is -0.135. The molecule has 0 aliphatic rings. The Kier molecular flexibility index (Phi) is 4.99. The van der Waals surface area contributed by atoms with Crippen molar-refractivity contribution >= 4 is 16.7 Å². The molecule has 0 saturated heterocycles. The van der Waals surface area contributed by atoms with Crippen LogP contribution in [-0.2, 0) is 16.0 Å². The Labute approximate surface area is 119 Å². The van der Waals surface area contributed by atoms with Crippen LogP contribution in [0.2, 0.25) is 0 Å². The monoisotopic (exact) mass is 272 g/mol. The van der Waals surface area contributed by atoms with Gasteiger partial charge in [0.15, 0.2) is 0 Å². The molecule has 0 aliphatic carbocycles. The number of carbonyl (C=O) groups excluding carboxylic acids is 1. The van der Waals surface area contributed by atoms with Crippen LogP contribution < -0.4 is 0 Å². The number of ether oxygens (including phenoxy) is 1. The molecule has 3 heteroatoms. The van der Waals surface area contributed by atoms with Gasteiger partial charge in [0, 0.05) is 6.42 Å². The molecule has 1 N–H and O–H groups in total. The highest BCUT2D eigenvalue weighted by molar-refractivity contribution is 5.84. The second-order valence-corrected chi connectivity index (χ2v) is 4.94. The molecule has 0 spiro atoms. The summed E-state index contributed by atoms with van der Waals surface area (Å²) in [6, 6.07) is 11.3. The lowest BCUT2D eigenvalue weighted by Gasteiger charge is -2.05. The second kappa shape index (κ2) is 6.94. The van der Waals surface area contributed by atoms with Crippen LogP contribution in [0.25, 0.3) is 10.8 Å². The van der Waals surface area contributed by atoms with Gasteiger partial charge in [-0.1, -0.05) is 37.6 Å². The molecular formula is C17H20O3. The number of rotatable bonds is 6. The van der Waals surface area contributed by atoms with Crippen molar-refractivity contribution in [2.45, 2.75) is 32.6 Å². The first-order valence-corrected chi connectivity index (χ1v) is 7.06. The molecule has 0 aliphatic heterocycles. The molecule has 20 heavy (non-hydrogen) atoms. The van der Waals surface area contributed by atoms with E-state index in [4.69, 9.17) is 4.74 Å². The molecule has 0 amide bonds. The first-order chi connectivity index (χ1) is 9.69. The van der Waals surface area contributed by atoms with E-state index in [9.17, 15) is 9.90 Å². The highest BCUT2D eigenvalue weighted by Gasteiger charge is 2.04. The van der Waals surface area contributed by atoms with Crippen LogP contribution in [0.15, 0.2) is 36.4 Å². The number of aryl methyl sites for hydroxylation is 1. The van der Waals surface area contributed by atoms with Crippen LogP contribution in [0, 0.1) is 0 Å². The lowest BCUT2D eigenvalue weighted by molar-refractivity contribution is -0.143. The van der Waals surface area contributed by atoms with Gasteiger partial charge in [-0.15, -0.1) is 0 Å². The summed E-state index contributed by atoms with van der Waals surface area (Å²) in [5, 5.41) is 11.5. The predicted octanol–water partition coefficient (Wildman–Crippen LogP) is 3.82. The van der Waals surface area contributed by atoms with E-state index in [2.05, 4.69) is 6.92 Å². The SMILES string of the molecule is CCCCOC(=O)CCc1ccc2cc(O)ccc2c1. The van der Waals surface area contributed by atoms with Crippen molar-refractivity contribution < 1.29 is 14.6 Å². The van der Waals surface area contributed by atoms with Gasteiger partial charge in [-0.25, -0.2) is 0 Å². The van der Waals surface area contributed by atoms with Gasteiger partial charge in [-0.3, -0.25) is 4.79 Å². The number of phenolic OH excluding ortho intramolecular Hbond substituents is 1. The molecule has 0 atom stereocenters. The molecule has 0 heterocycles. The summed E-state index contributed by atoms with van der Waals surface area (Å²) in [6.45, 7) is 2.59. The second-order valence-electron chi connectivity index (χ2n) is 4.94. The third-order valence-electron chi connectivity index (χ3n) is 3.27. The van der Waals surface area contributed by atoms with Gasteiger partial charge in [0.1, 0.15) is 5.75 Å². The maximum atomic E-state index is 11.5. The molecule has 106 valence electrons.